The molecule has 2 aromatic heterocycles. The van der Waals surface area contributed by atoms with Crippen LogP contribution in [0.3, 0.4) is 0 Å². The first kappa shape index (κ1) is 19.0. The third-order valence-electron chi connectivity index (χ3n) is 6.63. The van der Waals surface area contributed by atoms with E-state index in [1.54, 1.807) is 0 Å². The van der Waals surface area contributed by atoms with Crippen LogP contribution in [0.15, 0.2) is 12.1 Å². The second-order valence-electron chi connectivity index (χ2n) is 8.40. The van der Waals surface area contributed by atoms with Gasteiger partial charge in [-0.3, -0.25) is 4.79 Å². The first-order valence-electron chi connectivity index (χ1n) is 10.7. The summed E-state index contributed by atoms with van der Waals surface area (Å²) in [6.07, 6.45) is 4.38. The maximum absolute atomic E-state index is 11.8. The number of hydrogen-bond acceptors (Lipinski definition) is 4. The normalized spacial score (nSPS) is 15.3. The van der Waals surface area contributed by atoms with Crippen LogP contribution in [0.25, 0.3) is 22.2 Å². The molecule has 1 aliphatic carbocycles. The molecule has 0 saturated heterocycles. The van der Waals surface area contributed by atoms with E-state index >= 15 is 0 Å². The number of nitrogens with zero attached hydrogens (tertiary/aromatic N) is 2. The van der Waals surface area contributed by atoms with Crippen LogP contribution in [0, 0.1) is 13.8 Å². The minimum absolute atomic E-state index is 0.0335. The zero-order valence-corrected chi connectivity index (χ0v) is 17.8. The van der Waals surface area contributed by atoms with Crippen molar-refractivity contribution in [2.24, 2.45) is 7.05 Å². The fourth-order valence-corrected chi connectivity index (χ4v) is 5.21. The van der Waals surface area contributed by atoms with Gasteiger partial charge in [0.25, 0.3) is 0 Å². The Balaban J connectivity index is 1.89. The van der Waals surface area contributed by atoms with E-state index in [2.05, 4.69) is 29.9 Å². The number of nitrogens with one attached hydrogen (secondary N) is 1. The lowest BCUT2D eigenvalue weighted by molar-refractivity contribution is -0.136. The number of ether oxygens (including phenoxy) is 1. The monoisotopic (exact) mass is 405 g/mol. The number of pyridine rings is 1. The van der Waals surface area contributed by atoms with Crippen LogP contribution in [-0.4, -0.2) is 33.8 Å². The first-order chi connectivity index (χ1) is 14.5. The van der Waals surface area contributed by atoms with E-state index in [-0.39, 0.29) is 6.42 Å². The van der Waals surface area contributed by atoms with Crippen LogP contribution < -0.4 is 10.1 Å². The molecule has 0 unspecified atom stereocenters. The van der Waals surface area contributed by atoms with Crippen molar-refractivity contribution in [2.45, 2.75) is 46.0 Å². The van der Waals surface area contributed by atoms with Crippen LogP contribution in [-0.2, 0) is 31.1 Å². The summed E-state index contributed by atoms with van der Waals surface area (Å²) in [5.41, 5.74) is 9.45. The molecular formula is C24H27N3O3. The molecule has 0 spiro atoms. The number of carboxylic acids is 1. The van der Waals surface area contributed by atoms with Gasteiger partial charge in [-0.2, -0.15) is 0 Å². The Labute approximate surface area is 175 Å². The summed E-state index contributed by atoms with van der Waals surface area (Å²) < 4.78 is 8.04. The average Bonchev–Trinajstić information content (AvgIpc) is 3.01. The van der Waals surface area contributed by atoms with Gasteiger partial charge in [0.15, 0.2) is 0 Å². The summed E-state index contributed by atoms with van der Waals surface area (Å²) in [5.74, 6) is 0.0294. The van der Waals surface area contributed by atoms with Gasteiger partial charge in [-0.1, -0.05) is 6.07 Å². The molecule has 6 nitrogen and oxygen atoms in total. The summed E-state index contributed by atoms with van der Waals surface area (Å²) in [7, 11) is 2.09. The maximum Gasteiger partial charge on any atom is 0.307 e. The highest BCUT2D eigenvalue weighted by molar-refractivity contribution is 6.02. The minimum atomic E-state index is -0.831. The van der Waals surface area contributed by atoms with E-state index in [1.807, 2.05) is 13.0 Å². The molecule has 0 atom stereocenters. The summed E-state index contributed by atoms with van der Waals surface area (Å²) in [5, 5.41) is 14.3. The molecule has 3 aromatic rings. The first-order valence-corrected chi connectivity index (χ1v) is 10.7. The van der Waals surface area contributed by atoms with Gasteiger partial charge in [0.1, 0.15) is 18.0 Å². The number of carbonyl (C=O) groups is 1. The SMILES string of the molecule is Cc1nc2c(c3c(n2C)CCCC3)c(-c2ccc3c(c2C)NCCO3)c1CC(=O)O. The maximum atomic E-state index is 11.8. The molecule has 5 rings (SSSR count). The van der Waals surface area contributed by atoms with Crippen molar-refractivity contribution in [1.82, 2.24) is 9.55 Å². The number of fused-ring (bicyclic) bond motifs is 4. The summed E-state index contributed by atoms with van der Waals surface area (Å²) >= 11 is 0. The average molecular weight is 405 g/mol. The molecule has 156 valence electrons. The third kappa shape index (κ3) is 2.77. The van der Waals surface area contributed by atoms with Crippen molar-refractivity contribution in [3.8, 4) is 16.9 Å². The molecule has 0 amide bonds. The fourth-order valence-electron chi connectivity index (χ4n) is 5.21. The van der Waals surface area contributed by atoms with E-state index in [1.165, 1.54) is 17.7 Å². The molecule has 30 heavy (non-hydrogen) atoms. The summed E-state index contributed by atoms with van der Waals surface area (Å²) in [4.78, 5) is 16.7. The Hall–Kier alpha value is -3.02. The van der Waals surface area contributed by atoms with Crippen LogP contribution >= 0.6 is 0 Å². The van der Waals surface area contributed by atoms with Crippen molar-refractivity contribution in [3.05, 3.63) is 40.2 Å². The lowest BCUT2D eigenvalue weighted by Gasteiger charge is -2.24. The van der Waals surface area contributed by atoms with Crippen LogP contribution in [0.2, 0.25) is 0 Å². The third-order valence-corrected chi connectivity index (χ3v) is 6.63. The number of benzene rings is 1. The molecule has 2 N–H and O–H groups in total. The lowest BCUT2D eigenvalue weighted by atomic mass is 9.87. The highest BCUT2D eigenvalue weighted by atomic mass is 16.5. The topological polar surface area (TPSA) is 76.4 Å². The molecule has 1 aliphatic heterocycles. The van der Waals surface area contributed by atoms with Gasteiger partial charge in [0.05, 0.1) is 12.1 Å². The number of aryl methyl sites for hydroxylation is 3. The standard InChI is InChI=1S/C24H27N3O3/c1-13-15(8-9-19-23(13)25-10-11-30-19)21-17(12-20(28)29)14(2)26-24-22(21)16-6-4-5-7-18(16)27(24)3/h8-9,25H,4-7,10-12H2,1-3H3,(H,28,29). The number of anilines is 1. The molecule has 3 heterocycles. The fraction of sp³-hybridized carbons (Fsp3) is 0.417. The zero-order valence-electron chi connectivity index (χ0n) is 17.8. The van der Waals surface area contributed by atoms with Gasteiger partial charge in [-0.05, 0) is 73.4 Å². The van der Waals surface area contributed by atoms with E-state index in [4.69, 9.17) is 9.72 Å². The smallest absolute Gasteiger partial charge is 0.307 e. The summed E-state index contributed by atoms with van der Waals surface area (Å²) in [6, 6.07) is 4.09. The van der Waals surface area contributed by atoms with Gasteiger partial charge in [0, 0.05) is 30.4 Å². The zero-order chi connectivity index (χ0) is 21.0. The predicted octanol–water partition coefficient (Wildman–Crippen LogP) is 4.17. The van der Waals surface area contributed by atoms with E-state index in [0.29, 0.717) is 6.61 Å². The minimum Gasteiger partial charge on any atom is -0.490 e. The largest absolute Gasteiger partial charge is 0.490 e. The Morgan fingerprint density at radius 3 is 2.87 bits per heavy atom. The number of rotatable bonds is 3. The van der Waals surface area contributed by atoms with Gasteiger partial charge >= 0.3 is 5.97 Å². The van der Waals surface area contributed by atoms with Gasteiger partial charge in [-0.15, -0.1) is 0 Å². The Morgan fingerprint density at radius 2 is 2.07 bits per heavy atom. The van der Waals surface area contributed by atoms with Crippen molar-refractivity contribution in [1.29, 1.82) is 0 Å². The number of hydrogen-bond donors (Lipinski definition) is 2. The number of aromatic nitrogens is 2. The Kier molecular flexibility index (Phi) is 4.45. The van der Waals surface area contributed by atoms with E-state index < -0.39 is 5.97 Å². The Morgan fingerprint density at radius 1 is 1.27 bits per heavy atom. The highest BCUT2D eigenvalue weighted by Crippen LogP contribution is 2.44. The highest BCUT2D eigenvalue weighted by Gasteiger charge is 2.27. The molecule has 0 fully saturated rings. The van der Waals surface area contributed by atoms with Crippen molar-refractivity contribution in [2.75, 3.05) is 18.5 Å². The van der Waals surface area contributed by atoms with Crippen LogP contribution in [0.4, 0.5) is 5.69 Å². The van der Waals surface area contributed by atoms with Crippen molar-refractivity contribution < 1.29 is 14.6 Å². The van der Waals surface area contributed by atoms with E-state index in [9.17, 15) is 9.90 Å². The van der Waals surface area contributed by atoms with E-state index in [0.717, 1.165) is 76.2 Å². The molecule has 0 radical (unpaired) electrons. The van der Waals surface area contributed by atoms with Gasteiger partial charge < -0.3 is 19.7 Å². The van der Waals surface area contributed by atoms with Crippen molar-refractivity contribution in [3.63, 3.8) is 0 Å². The van der Waals surface area contributed by atoms with Gasteiger partial charge in [0.2, 0.25) is 0 Å². The Bertz CT molecular complexity index is 1190. The van der Waals surface area contributed by atoms with Gasteiger partial charge in [-0.25, -0.2) is 4.98 Å². The van der Waals surface area contributed by atoms with Crippen LogP contribution in [0.5, 0.6) is 5.75 Å². The molecule has 2 aliphatic rings. The predicted molar refractivity (Wildman–Crippen MR) is 118 cm³/mol. The molecule has 1 aromatic carbocycles. The summed E-state index contributed by atoms with van der Waals surface area (Å²) in [6.45, 7) is 5.45. The second kappa shape index (κ2) is 7.04. The van der Waals surface area contributed by atoms with Crippen LogP contribution in [0.1, 0.15) is 40.9 Å². The lowest BCUT2D eigenvalue weighted by Crippen LogP contribution is -2.19. The van der Waals surface area contributed by atoms with Crippen molar-refractivity contribution >= 4 is 22.7 Å². The molecule has 6 heteroatoms. The molecular weight excluding hydrogens is 378 g/mol. The molecule has 0 bridgehead atoms. The second-order valence-corrected chi connectivity index (χ2v) is 8.40. The quantitative estimate of drug-likeness (QED) is 0.684. The number of carboxylic acid groups (broad SMARTS) is 1. The molecule has 0 saturated carbocycles. The number of aliphatic carboxylic acids is 1.